The zero-order chi connectivity index (χ0) is 24.5. The number of carbonyl (C=O) groups is 1. The third-order valence-electron chi connectivity index (χ3n) is 5.06. The summed E-state index contributed by atoms with van der Waals surface area (Å²) in [6.45, 7) is 0.806. The highest BCUT2D eigenvalue weighted by Gasteiger charge is 2.18. The average Bonchev–Trinajstić information content (AvgIpc) is 3.34. The van der Waals surface area contributed by atoms with Crippen LogP contribution in [-0.4, -0.2) is 53.8 Å². The molecule has 4 rings (SSSR count). The fraction of sp³-hybridized carbons (Fsp3) is 0.192. The molecule has 0 unspecified atom stereocenters. The molecule has 0 aliphatic heterocycles. The van der Waals surface area contributed by atoms with Crippen LogP contribution < -0.4 is 19.5 Å². The molecule has 8 nitrogen and oxygen atoms in total. The van der Waals surface area contributed by atoms with E-state index in [0.717, 1.165) is 17.0 Å². The molecule has 1 heterocycles. The van der Waals surface area contributed by atoms with Gasteiger partial charge in [-0.15, -0.1) is 10.2 Å². The number of nitrogens with one attached hydrogen (secondary N) is 1. The van der Waals surface area contributed by atoms with Gasteiger partial charge in [-0.1, -0.05) is 48.2 Å². The number of aromatic nitrogens is 3. The Hall–Kier alpha value is -3.98. The number of para-hydroxylation sites is 2. The van der Waals surface area contributed by atoms with Crippen LogP contribution in [0, 0.1) is 0 Å². The highest BCUT2D eigenvalue weighted by atomic mass is 32.2. The van der Waals surface area contributed by atoms with Crippen molar-refractivity contribution in [2.45, 2.75) is 5.16 Å². The summed E-state index contributed by atoms with van der Waals surface area (Å²) in [6.07, 6.45) is 0. The first-order chi connectivity index (χ1) is 17.2. The molecule has 0 bridgehead atoms. The number of rotatable bonds is 11. The molecule has 3 aromatic carbocycles. The summed E-state index contributed by atoms with van der Waals surface area (Å²) in [4.78, 5) is 12.4. The van der Waals surface area contributed by atoms with Gasteiger partial charge in [0.25, 0.3) is 0 Å². The molecule has 9 heteroatoms. The minimum absolute atomic E-state index is 0.109. The molecule has 0 aliphatic carbocycles. The van der Waals surface area contributed by atoms with Crippen molar-refractivity contribution in [3.8, 4) is 34.3 Å². The standard InChI is InChI=1S/C26H26N4O4S/c1-32-22-14-13-19(17-23(22)33-2)25-28-29-26(30(25)20-9-5-3-6-10-20)35-18-24(31)27-15-16-34-21-11-7-4-8-12-21/h3-14,17H,15-16,18H2,1-2H3,(H,27,31). The van der Waals surface area contributed by atoms with Gasteiger partial charge in [-0.3, -0.25) is 9.36 Å². The van der Waals surface area contributed by atoms with E-state index in [1.54, 1.807) is 14.2 Å². The molecule has 0 aliphatic rings. The summed E-state index contributed by atoms with van der Waals surface area (Å²) < 4.78 is 18.4. The largest absolute Gasteiger partial charge is 0.493 e. The Morgan fingerprint density at radius 2 is 1.63 bits per heavy atom. The van der Waals surface area contributed by atoms with E-state index in [4.69, 9.17) is 14.2 Å². The maximum absolute atomic E-state index is 12.4. The molecule has 1 amide bonds. The van der Waals surface area contributed by atoms with Crippen LogP contribution in [0.2, 0.25) is 0 Å². The summed E-state index contributed by atoms with van der Waals surface area (Å²) in [5.74, 6) is 2.72. The van der Waals surface area contributed by atoms with Gasteiger partial charge in [-0.25, -0.2) is 0 Å². The number of thioether (sulfide) groups is 1. The molecule has 1 N–H and O–H groups in total. The zero-order valence-electron chi connectivity index (χ0n) is 19.5. The van der Waals surface area contributed by atoms with Crippen LogP contribution in [0.1, 0.15) is 0 Å². The van der Waals surface area contributed by atoms with E-state index in [-0.39, 0.29) is 11.7 Å². The highest BCUT2D eigenvalue weighted by Crippen LogP contribution is 2.34. The molecule has 35 heavy (non-hydrogen) atoms. The van der Waals surface area contributed by atoms with E-state index in [0.29, 0.717) is 35.6 Å². The van der Waals surface area contributed by atoms with Gasteiger partial charge in [0.2, 0.25) is 5.91 Å². The Morgan fingerprint density at radius 3 is 2.34 bits per heavy atom. The van der Waals surface area contributed by atoms with E-state index >= 15 is 0 Å². The fourth-order valence-electron chi connectivity index (χ4n) is 3.39. The number of methoxy groups -OCH3 is 2. The van der Waals surface area contributed by atoms with Gasteiger partial charge >= 0.3 is 0 Å². The Kier molecular flexibility index (Phi) is 8.24. The lowest BCUT2D eigenvalue weighted by Gasteiger charge is -2.12. The first kappa shape index (κ1) is 24.2. The third-order valence-corrected chi connectivity index (χ3v) is 5.99. The average molecular weight is 491 g/mol. The normalized spacial score (nSPS) is 10.6. The van der Waals surface area contributed by atoms with Crippen LogP contribution in [0.25, 0.3) is 17.1 Å². The van der Waals surface area contributed by atoms with Gasteiger partial charge in [0, 0.05) is 11.3 Å². The Morgan fingerprint density at radius 1 is 0.914 bits per heavy atom. The van der Waals surface area contributed by atoms with Crippen molar-refractivity contribution >= 4 is 17.7 Å². The van der Waals surface area contributed by atoms with E-state index < -0.39 is 0 Å². The maximum Gasteiger partial charge on any atom is 0.230 e. The highest BCUT2D eigenvalue weighted by molar-refractivity contribution is 7.99. The SMILES string of the molecule is COc1ccc(-c2nnc(SCC(=O)NCCOc3ccccc3)n2-c2ccccc2)cc1OC. The van der Waals surface area contributed by atoms with Crippen molar-refractivity contribution < 1.29 is 19.0 Å². The number of carbonyl (C=O) groups excluding carboxylic acids is 1. The molecular weight excluding hydrogens is 464 g/mol. The van der Waals surface area contributed by atoms with E-state index in [1.807, 2.05) is 83.4 Å². The molecule has 0 radical (unpaired) electrons. The quantitative estimate of drug-likeness (QED) is 0.249. The molecule has 180 valence electrons. The first-order valence-electron chi connectivity index (χ1n) is 11.0. The number of ether oxygens (including phenoxy) is 3. The molecule has 4 aromatic rings. The second kappa shape index (κ2) is 11.9. The Balaban J connectivity index is 1.46. The van der Waals surface area contributed by atoms with E-state index in [9.17, 15) is 4.79 Å². The maximum atomic E-state index is 12.4. The molecule has 0 saturated carbocycles. The Labute approximate surface area is 208 Å². The summed E-state index contributed by atoms with van der Waals surface area (Å²) >= 11 is 1.32. The predicted molar refractivity (Wildman–Crippen MR) is 136 cm³/mol. The van der Waals surface area contributed by atoms with Crippen LogP contribution in [0.4, 0.5) is 0 Å². The smallest absolute Gasteiger partial charge is 0.230 e. The third kappa shape index (κ3) is 6.13. The van der Waals surface area contributed by atoms with Gasteiger partial charge in [0.1, 0.15) is 12.4 Å². The van der Waals surface area contributed by atoms with Crippen molar-refractivity contribution in [1.29, 1.82) is 0 Å². The van der Waals surface area contributed by atoms with E-state index in [2.05, 4.69) is 15.5 Å². The Bertz CT molecular complexity index is 1250. The van der Waals surface area contributed by atoms with Crippen LogP contribution in [0.15, 0.2) is 84.0 Å². The van der Waals surface area contributed by atoms with Crippen LogP contribution in [0.5, 0.6) is 17.2 Å². The zero-order valence-corrected chi connectivity index (χ0v) is 20.3. The van der Waals surface area contributed by atoms with Crippen molar-refractivity contribution in [1.82, 2.24) is 20.1 Å². The number of amides is 1. The fourth-order valence-corrected chi connectivity index (χ4v) is 4.17. The molecule has 0 spiro atoms. The van der Waals surface area contributed by atoms with Crippen LogP contribution in [-0.2, 0) is 4.79 Å². The number of hydrogen-bond donors (Lipinski definition) is 1. The van der Waals surface area contributed by atoms with Crippen molar-refractivity contribution in [3.05, 3.63) is 78.9 Å². The molecular formula is C26H26N4O4S. The minimum atomic E-state index is -0.109. The van der Waals surface area contributed by atoms with Gasteiger partial charge in [-0.2, -0.15) is 0 Å². The summed E-state index contributed by atoms with van der Waals surface area (Å²) in [6, 6.07) is 24.9. The van der Waals surface area contributed by atoms with Crippen molar-refractivity contribution in [3.63, 3.8) is 0 Å². The predicted octanol–water partition coefficient (Wildman–Crippen LogP) is 4.24. The second-order valence-electron chi connectivity index (χ2n) is 7.35. The number of nitrogens with zero attached hydrogens (tertiary/aromatic N) is 3. The lowest BCUT2D eigenvalue weighted by Crippen LogP contribution is -2.29. The molecule has 0 fully saturated rings. The number of benzene rings is 3. The van der Waals surface area contributed by atoms with E-state index in [1.165, 1.54) is 11.8 Å². The molecule has 0 saturated heterocycles. The van der Waals surface area contributed by atoms with Crippen LogP contribution in [0.3, 0.4) is 0 Å². The summed E-state index contributed by atoms with van der Waals surface area (Å²) in [7, 11) is 3.19. The monoisotopic (exact) mass is 490 g/mol. The number of hydrogen-bond acceptors (Lipinski definition) is 7. The molecule has 1 aromatic heterocycles. The minimum Gasteiger partial charge on any atom is -0.493 e. The van der Waals surface area contributed by atoms with Gasteiger partial charge in [0.15, 0.2) is 22.5 Å². The summed E-state index contributed by atoms with van der Waals surface area (Å²) in [5, 5.41) is 12.3. The van der Waals surface area contributed by atoms with Gasteiger partial charge < -0.3 is 19.5 Å². The van der Waals surface area contributed by atoms with Gasteiger partial charge in [-0.05, 0) is 42.5 Å². The van der Waals surface area contributed by atoms with Crippen molar-refractivity contribution in [2.24, 2.45) is 0 Å². The lowest BCUT2D eigenvalue weighted by molar-refractivity contribution is -0.118. The first-order valence-corrected chi connectivity index (χ1v) is 12.0. The summed E-state index contributed by atoms with van der Waals surface area (Å²) in [5.41, 5.74) is 1.70. The lowest BCUT2D eigenvalue weighted by atomic mass is 10.2. The molecule has 0 atom stereocenters. The second-order valence-corrected chi connectivity index (χ2v) is 8.29. The topological polar surface area (TPSA) is 87.5 Å². The van der Waals surface area contributed by atoms with Gasteiger partial charge in [0.05, 0.1) is 26.5 Å². The van der Waals surface area contributed by atoms with Crippen LogP contribution >= 0.6 is 11.8 Å². The van der Waals surface area contributed by atoms with Crippen molar-refractivity contribution in [2.75, 3.05) is 33.1 Å².